The molecule has 1 fully saturated rings. The molecule has 2 rings (SSSR count). The highest BCUT2D eigenvalue weighted by molar-refractivity contribution is 5.77. The Balaban J connectivity index is 1.83. The Morgan fingerprint density at radius 3 is 2.59 bits per heavy atom. The first-order valence-corrected chi connectivity index (χ1v) is 8.00. The maximum absolute atomic E-state index is 11.7. The highest BCUT2D eigenvalue weighted by atomic mass is 16.5. The van der Waals surface area contributed by atoms with Crippen LogP contribution >= 0.6 is 0 Å². The lowest BCUT2D eigenvalue weighted by molar-refractivity contribution is -0.130. The number of hydrogen-bond donors (Lipinski definition) is 0. The Morgan fingerprint density at radius 1 is 1.32 bits per heavy atom. The molecule has 1 atom stereocenters. The molecule has 2 heterocycles. The minimum atomic E-state index is 0.129. The van der Waals surface area contributed by atoms with Crippen molar-refractivity contribution in [3.8, 4) is 0 Å². The van der Waals surface area contributed by atoms with Crippen LogP contribution in [0.3, 0.4) is 0 Å². The van der Waals surface area contributed by atoms with Crippen molar-refractivity contribution in [1.29, 1.82) is 0 Å². The lowest BCUT2D eigenvalue weighted by Gasteiger charge is -2.36. The largest absolute Gasteiger partial charge is 0.348 e. The van der Waals surface area contributed by atoms with E-state index in [9.17, 15) is 4.79 Å². The molecule has 0 radical (unpaired) electrons. The molecule has 1 aromatic heterocycles. The van der Waals surface area contributed by atoms with Crippen LogP contribution in [0, 0.1) is 0 Å². The Bertz CT molecular complexity index is 480. The molecule has 1 aliphatic heterocycles. The summed E-state index contributed by atoms with van der Waals surface area (Å²) in [6, 6.07) is 0.129. The van der Waals surface area contributed by atoms with Gasteiger partial charge in [-0.05, 0) is 13.3 Å². The van der Waals surface area contributed by atoms with Gasteiger partial charge in [-0.15, -0.1) is 0 Å². The number of piperazine rings is 1. The van der Waals surface area contributed by atoms with Crippen molar-refractivity contribution in [1.82, 2.24) is 24.8 Å². The number of rotatable bonds is 6. The molecule has 124 valence electrons. The molecule has 0 N–H and O–H groups in total. The quantitative estimate of drug-likeness (QED) is 0.774. The number of nitrogens with zero attached hydrogens (tertiary/aromatic N) is 5. The van der Waals surface area contributed by atoms with Crippen LogP contribution in [0.1, 0.15) is 38.0 Å². The summed E-state index contributed by atoms with van der Waals surface area (Å²) in [5.74, 6) is 1.64. The Kier molecular flexibility index (Phi) is 5.90. The van der Waals surface area contributed by atoms with Gasteiger partial charge in [0.05, 0.1) is 12.6 Å². The average molecular weight is 309 g/mol. The van der Waals surface area contributed by atoms with Gasteiger partial charge in [0.1, 0.15) is 0 Å². The summed E-state index contributed by atoms with van der Waals surface area (Å²) < 4.78 is 5.38. The highest BCUT2D eigenvalue weighted by Gasteiger charge is 2.26. The SMILES string of the molecule is CCCc1noc(C(C)N2CCN(CC(=O)N(C)C)CC2)n1. The van der Waals surface area contributed by atoms with E-state index in [1.54, 1.807) is 19.0 Å². The molecular weight excluding hydrogens is 282 g/mol. The molecule has 0 saturated carbocycles. The fraction of sp³-hybridized carbons (Fsp3) is 0.800. The Morgan fingerprint density at radius 2 is 2.00 bits per heavy atom. The number of hydrogen-bond acceptors (Lipinski definition) is 6. The van der Waals surface area contributed by atoms with E-state index >= 15 is 0 Å². The molecule has 0 aliphatic carbocycles. The van der Waals surface area contributed by atoms with E-state index in [1.165, 1.54) is 0 Å². The summed E-state index contributed by atoms with van der Waals surface area (Å²) in [7, 11) is 3.59. The predicted octanol–water partition coefficient (Wildman–Crippen LogP) is 0.789. The summed E-state index contributed by atoms with van der Waals surface area (Å²) >= 11 is 0. The van der Waals surface area contributed by atoms with Crippen molar-refractivity contribution in [2.75, 3.05) is 46.8 Å². The topological polar surface area (TPSA) is 65.7 Å². The summed E-state index contributed by atoms with van der Waals surface area (Å²) in [6.07, 6.45) is 1.88. The summed E-state index contributed by atoms with van der Waals surface area (Å²) in [5.41, 5.74) is 0. The Hall–Kier alpha value is -1.47. The van der Waals surface area contributed by atoms with Crippen molar-refractivity contribution in [2.24, 2.45) is 0 Å². The van der Waals surface area contributed by atoms with E-state index in [2.05, 4.69) is 33.8 Å². The van der Waals surface area contributed by atoms with E-state index in [4.69, 9.17) is 4.52 Å². The van der Waals surface area contributed by atoms with Gasteiger partial charge < -0.3 is 9.42 Å². The molecule has 1 aliphatic rings. The Labute approximate surface area is 132 Å². The number of aryl methyl sites for hydroxylation is 1. The fourth-order valence-electron chi connectivity index (χ4n) is 2.56. The number of amides is 1. The first-order chi connectivity index (χ1) is 10.5. The molecule has 1 unspecified atom stereocenters. The van der Waals surface area contributed by atoms with Gasteiger partial charge in [0.2, 0.25) is 11.8 Å². The van der Waals surface area contributed by atoms with Crippen LogP contribution in [-0.2, 0) is 11.2 Å². The van der Waals surface area contributed by atoms with Gasteiger partial charge in [0.15, 0.2) is 5.82 Å². The van der Waals surface area contributed by atoms with Crippen LogP contribution in [0.4, 0.5) is 0 Å². The highest BCUT2D eigenvalue weighted by Crippen LogP contribution is 2.20. The van der Waals surface area contributed by atoms with E-state index < -0.39 is 0 Å². The third-order valence-electron chi connectivity index (χ3n) is 4.13. The minimum Gasteiger partial charge on any atom is -0.348 e. The van der Waals surface area contributed by atoms with Gasteiger partial charge in [0.25, 0.3) is 0 Å². The standard InChI is InChI=1S/C15H27N5O2/c1-5-6-13-16-15(22-17-13)12(2)20-9-7-19(8-10-20)11-14(21)18(3)4/h12H,5-11H2,1-4H3. The maximum Gasteiger partial charge on any atom is 0.243 e. The van der Waals surface area contributed by atoms with E-state index in [1.807, 2.05) is 0 Å². The van der Waals surface area contributed by atoms with Crippen molar-refractivity contribution in [3.05, 3.63) is 11.7 Å². The second kappa shape index (κ2) is 7.69. The molecule has 1 aromatic rings. The zero-order chi connectivity index (χ0) is 16.1. The third-order valence-corrected chi connectivity index (χ3v) is 4.13. The molecule has 7 nitrogen and oxygen atoms in total. The summed E-state index contributed by atoms with van der Waals surface area (Å²) in [5, 5.41) is 4.02. The van der Waals surface area contributed by atoms with Gasteiger partial charge in [0, 0.05) is 46.7 Å². The zero-order valence-electron chi connectivity index (χ0n) is 14.1. The molecule has 0 aromatic carbocycles. The molecule has 1 amide bonds. The average Bonchev–Trinajstić information content (AvgIpc) is 2.96. The van der Waals surface area contributed by atoms with Crippen molar-refractivity contribution >= 4 is 5.91 Å². The lowest BCUT2D eigenvalue weighted by atomic mass is 10.2. The van der Waals surface area contributed by atoms with Crippen molar-refractivity contribution < 1.29 is 9.32 Å². The summed E-state index contributed by atoms with van der Waals surface area (Å²) in [4.78, 5) is 22.4. The first-order valence-electron chi connectivity index (χ1n) is 8.00. The predicted molar refractivity (Wildman–Crippen MR) is 83.4 cm³/mol. The van der Waals surface area contributed by atoms with Crippen LogP contribution in [-0.4, -0.2) is 77.6 Å². The zero-order valence-corrected chi connectivity index (χ0v) is 14.1. The molecule has 0 spiro atoms. The second-order valence-corrected chi connectivity index (χ2v) is 6.08. The maximum atomic E-state index is 11.7. The van der Waals surface area contributed by atoms with Crippen LogP contribution in [0.2, 0.25) is 0 Å². The van der Waals surface area contributed by atoms with E-state index in [0.717, 1.165) is 44.8 Å². The number of aromatic nitrogens is 2. The molecule has 7 heteroatoms. The van der Waals surface area contributed by atoms with Crippen molar-refractivity contribution in [2.45, 2.75) is 32.7 Å². The lowest BCUT2D eigenvalue weighted by Crippen LogP contribution is -2.49. The molecule has 0 bridgehead atoms. The fourth-order valence-corrected chi connectivity index (χ4v) is 2.56. The number of carbonyl (C=O) groups excluding carboxylic acids is 1. The van der Waals surface area contributed by atoms with Crippen LogP contribution in [0.25, 0.3) is 0 Å². The second-order valence-electron chi connectivity index (χ2n) is 6.08. The molecule has 22 heavy (non-hydrogen) atoms. The van der Waals surface area contributed by atoms with Gasteiger partial charge in [-0.3, -0.25) is 14.6 Å². The van der Waals surface area contributed by atoms with Gasteiger partial charge >= 0.3 is 0 Å². The minimum absolute atomic E-state index is 0.129. The van der Waals surface area contributed by atoms with E-state index in [-0.39, 0.29) is 11.9 Å². The van der Waals surface area contributed by atoms with Crippen LogP contribution in [0.15, 0.2) is 4.52 Å². The first kappa shape index (κ1) is 16.9. The van der Waals surface area contributed by atoms with Crippen molar-refractivity contribution in [3.63, 3.8) is 0 Å². The monoisotopic (exact) mass is 309 g/mol. The summed E-state index contributed by atoms with van der Waals surface area (Å²) in [6.45, 7) is 8.30. The van der Waals surface area contributed by atoms with E-state index in [0.29, 0.717) is 12.4 Å². The van der Waals surface area contributed by atoms with Gasteiger partial charge in [-0.25, -0.2) is 0 Å². The van der Waals surface area contributed by atoms with Gasteiger partial charge in [-0.1, -0.05) is 12.1 Å². The normalized spacial score (nSPS) is 18.4. The number of likely N-dealkylation sites (N-methyl/N-ethyl adjacent to an activating group) is 1. The van der Waals surface area contributed by atoms with Crippen LogP contribution < -0.4 is 0 Å². The molecule has 1 saturated heterocycles. The third kappa shape index (κ3) is 4.27. The van der Waals surface area contributed by atoms with Gasteiger partial charge in [-0.2, -0.15) is 4.98 Å². The molecular formula is C15H27N5O2. The van der Waals surface area contributed by atoms with Crippen LogP contribution in [0.5, 0.6) is 0 Å². The number of carbonyl (C=O) groups is 1. The smallest absolute Gasteiger partial charge is 0.243 e.